The molecular weight excluding hydrogens is 532 g/mol. The van der Waals surface area contributed by atoms with Gasteiger partial charge in [-0.3, -0.25) is 4.79 Å². The largest absolute Gasteiger partial charge is 0.493 e. The number of aromatic nitrogens is 3. The number of carbonyl (C=O) groups excluding carboxylic acids is 1. The van der Waals surface area contributed by atoms with Crippen LogP contribution in [0.25, 0.3) is 5.69 Å². The summed E-state index contributed by atoms with van der Waals surface area (Å²) in [4.78, 5) is 14.6. The maximum absolute atomic E-state index is 14.3. The van der Waals surface area contributed by atoms with E-state index in [0.717, 1.165) is 6.92 Å². The first-order chi connectivity index (χ1) is 14.7. The number of carbonyl (C=O) groups is 1. The SMILES string of the molecule is Cc1nn(-c2c(F)c(F)nc(C(F)(F)F)c2F)c(O)c1C(=O)c1cc(F)c(F)c(F)c1F.[Cu]. The van der Waals surface area contributed by atoms with Crippen molar-refractivity contribution in [3.8, 4) is 11.6 Å². The number of aromatic hydroxyl groups is 1. The van der Waals surface area contributed by atoms with Gasteiger partial charge in [0, 0.05) is 17.1 Å². The minimum Gasteiger partial charge on any atom is -0.493 e. The smallest absolute Gasteiger partial charge is 0.436 e. The molecule has 0 bridgehead atoms. The maximum atomic E-state index is 14.3. The van der Waals surface area contributed by atoms with Gasteiger partial charge >= 0.3 is 6.18 Å². The van der Waals surface area contributed by atoms with E-state index in [1.807, 2.05) is 0 Å². The van der Waals surface area contributed by atoms with Gasteiger partial charge in [0.15, 0.2) is 34.8 Å². The number of pyridine rings is 1. The summed E-state index contributed by atoms with van der Waals surface area (Å²) in [7, 11) is 0. The molecule has 0 aliphatic carbocycles. The van der Waals surface area contributed by atoms with E-state index in [0.29, 0.717) is 0 Å². The van der Waals surface area contributed by atoms with Crippen LogP contribution in [0.4, 0.5) is 43.9 Å². The van der Waals surface area contributed by atoms with Crippen molar-refractivity contribution in [2.24, 2.45) is 0 Å². The Kier molecular flexibility index (Phi) is 6.86. The Hall–Kier alpha value is -3.13. The van der Waals surface area contributed by atoms with E-state index in [4.69, 9.17) is 0 Å². The summed E-state index contributed by atoms with van der Waals surface area (Å²) in [5.41, 5.74) is -7.88. The molecule has 2 aromatic heterocycles. The van der Waals surface area contributed by atoms with Gasteiger partial charge in [-0.1, -0.05) is 0 Å². The number of alkyl halides is 3. The summed E-state index contributed by atoms with van der Waals surface area (Å²) in [6, 6.07) is -0.0959. The molecule has 1 aromatic carbocycles. The average Bonchev–Trinajstić information content (AvgIpc) is 2.98. The van der Waals surface area contributed by atoms with E-state index in [1.165, 1.54) is 0 Å². The third-order valence-corrected chi connectivity index (χ3v) is 4.11. The number of hydrogen-bond acceptors (Lipinski definition) is 4. The van der Waals surface area contributed by atoms with Crippen molar-refractivity contribution < 1.29 is 70.9 Å². The van der Waals surface area contributed by atoms with Gasteiger partial charge in [0.05, 0.1) is 11.3 Å². The summed E-state index contributed by atoms with van der Waals surface area (Å²) < 4.78 is 134. The van der Waals surface area contributed by atoms with Crippen LogP contribution in [0.1, 0.15) is 27.3 Å². The van der Waals surface area contributed by atoms with Gasteiger partial charge in [-0.15, -0.1) is 0 Å². The van der Waals surface area contributed by atoms with Crippen molar-refractivity contribution in [3.63, 3.8) is 0 Å². The van der Waals surface area contributed by atoms with Gasteiger partial charge in [-0.2, -0.15) is 31.7 Å². The fourth-order valence-electron chi connectivity index (χ4n) is 2.69. The van der Waals surface area contributed by atoms with Crippen LogP contribution < -0.4 is 0 Å². The van der Waals surface area contributed by atoms with Gasteiger partial charge in [0.1, 0.15) is 11.3 Å². The summed E-state index contributed by atoms with van der Waals surface area (Å²) in [6.07, 6.45) is -5.61. The molecule has 33 heavy (non-hydrogen) atoms. The molecule has 0 unspecified atom stereocenters. The van der Waals surface area contributed by atoms with Gasteiger partial charge in [0.25, 0.3) is 5.95 Å². The Morgan fingerprint density at radius 3 is 2.06 bits per heavy atom. The second-order valence-corrected chi connectivity index (χ2v) is 6.10. The van der Waals surface area contributed by atoms with Crippen molar-refractivity contribution in [2.45, 2.75) is 13.1 Å². The quantitative estimate of drug-likeness (QED) is 0.134. The standard InChI is InChI=1S/C17H5F10N3O2.Cu/c1-3-6(13(31)4-2-5(18)8(20)9(21)7(4)19)16(32)30(29-3)12-10(22)14(17(25,26)27)28-15(24)11(12)23;/h2,32H,1H3;. The fraction of sp³-hybridized carbons (Fsp3) is 0.118. The summed E-state index contributed by atoms with van der Waals surface area (Å²) in [6.45, 7) is 0.829. The van der Waals surface area contributed by atoms with E-state index in [9.17, 15) is 53.8 Å². The maximum Gasteiger partial charge on any atom is 0.436 e. The van der Waals surface area contributed by atoms with Gasteiger partial charge < -0.3 is 5.11 Å². The minimum atomic E-state index is -5.61. The zero-order valence-corrected chi connectivity index (χ0v) is 16.3. The summed E-state index contributed by atoms with van der Waals surface area (Å²) in [5.74, 6) is -19.6. The topological polar surface area (TPSA) is 68.0 Å². The Morgan fingerprint density at radius 2 is 1.52 bits per heavy atom. The Labute approximate surface area is 186 Å². The van der Waals surface area contributed by atoms with Crippen molar-refractivity contribution in [1.29, 1.82) is 0 Å². The number of ketones is 1. The van der Waals surface area contributed by atoms with Crippen molar-refractivity contribution in [3.05, 3.63) is 69.4 Å². The van der Waals surface area contributed by atoms with Crippen LogP contribution in [0.3, 0.4) is 0 Å². The number of nitrogens with zero attached hydrogens (tertiary/aromatic N) is 3. The predicted molar refractivity (Wildman–Crippen MR) is 82.3 cm³/mol. The van der Waals surface area contributed by atoms with Crippen LogP contribution in [0.15, 0.2) is 6.07 Å². The second kappa shape index (κ2) is 8.67. The predicted octanol–water partition coefficient (Wildman–Crippen LogP) is 4.50. The molecule has 2 heterocycles. The average molecular weight is 537 g/mol. The van der Waals surface area contributed by atoms with Gasteiger partial charge in [0.2, 0.25) is 17.5 Å². The molecule has 16 heteroatoms. The molecule has 0 saturated carbocycles. The Balaban J connectivity index is 0.00000385. The van der Waals surface area contributed by atoms with E-state index >= 15 is 0 Å². The first-order valence-electron chi connectivity index (χ1n) is 7.96. The van der Waals surface area contributed by atoms with Crippen molar-refractivity contribution in [1.82, 2.24) is 14.8 Å². The number of benzene rings is 1. The zero-order chi connectivity index (χ0) is 24.3. The normalized spacial score (nSPS) is 11.5. The molecule has 1 N–H and O–H groups in total. The number of aryl methyl sites for hydroxylation is 1. The van der Waals surface area contributed by atoms with Crippen molar-refractivity contribution >= 4 is 5.78 Å². The van der Waals surface area contributed by atoms with Crippen LogP contribution in [0.5, 0.6) is 5.88 Å². The number of hydrogen-bond donors (Lipinski definition) is 1. The van der Waals surface area contributed by atoms with Crippen molar-refractivity contribution in [2.75, 3.05) is 0 Å². The Morgan fingerprint density at radius 1 is 0.939 bits per heavy atom. The molecule has 0 aliphatic heterocycles. The Bertz CT molecular complexity index is 1290. The summed E-state index contributed by atoms with van der Waals surface area (Å²) >= 11 is 0. The molecule has 5 nitrogen and oxygen atoms in total. The number of rotatable bonds is 3. The molecular formula is C17H5CuF10N3O2. The first kappa shape index (κ1) is 26.1. The van der Waals surface area contributed by atoms with E-state index < -0.39 is 86.9 Å². The molecule has 0 amide bonds. The zero-order valence-electron chi connectivity index (χ0n) is 15.4. The summed E-state index contributed by atoms with van der Waals surface area (Å²) in [5, 5.41) is 13.4. The second-order valence-electron chi connectivity index (χ2n) is 6.10. The monoisotopic (exact) mass is 536 g/mol. The molecule has 181 valence electrons. The third kappa shape index (κ3) is 4.15. The fourth-order valence-corrected chi connectivity index (χ4v) is 2.69. The molecule has 0 spiro atoms. The first-order valence-corrected chi connectivity index (χ1v) is 7.96. The molecule has 3 aromatic rings. The van der Waals surface area contributed by atoms with Crippen LogP contribution in [0.2, 0.25) is 0 Å². The van der Waals surface area contributed by atoms with Crippen LogP contribution in [-0.4, -0.2) is 25.7 Å². The van der Waals surface area contributed by atoms with Crippen LogP contribution in [-0.2, 0) is 23.2 Å². The minimum absolute atomic E-state index is 0. The van der Waals surface area contributed by atoms with Crippen LogP contribution in [0, 0.1) is 47.8 Å². The van der Waals surface area contributed by atoms with E-state index in [1.54, 1.807) is 0 Å². The van der Waals surface area contributed by atoms with Gasteiger partial charge in [-0.25, -0.2) is 26.9 Å². The molecule has 0 aliphatic rings. The molecule has 1 radical (unpaired) electrons. The van der Waals surface area contributed by atoms with E-state index in [2.05, 4.69) is 10.1 Å². The number of halogens is 10. The van der Waals surface area contributed by atoms with Crippen LogP contribution >= 0.6 is 0 Å². The molecule has 3 rings (SSSR count). The molecule has 0 fully saturated rings. The molecule has 0 saturated heterocycles. The van der Waals surface area contributed by atoms with Gasteiger partial charge in [-0.05, 0) is 13.0 Å². The van der Waals surface area contributed by atoms with E-state index in [-0.39, 0.29) is 27.8 Å². The molecule has 0 atom stereocenters. The third-order valence-electron chi connectivity index (χ3n) is 4.11.